The molecule has 0 bridgehead atoms. The van der Waals surface area contributed by atoms with Crippen molar-refractivity contribution in [2.45, 2.75) is 19.7 Å². The molecule has 6 rings (SSSR count). The van der Waals surface area contributed by atoms with E-state index in [0.717, 1.165) is 39.5 Å². The number of pyridine rings is 1. The van der Waals surface area contributed by atoms with E-state index in [-0.39, 0.29) is 23.6 Å². The zero-order chi connectivity index (χ0) is 28.0. The molecule has 0 unspecified atom stereocenters. The summed E-state index contributed by atoms with van der Waals surface area (Å²) >= 11 is 0. The highest BCUT2D eigenvalue weighted by atomic mass is 19.4. The van der Waals surface area contributed by atoms with E-state index in [9.17, 15) is 23.1 Å². The number of aliphatic hydroxyl groups is 1. The predicted octanol–water partition coefficient (Wildman–Crippen LogP) is 5.43. The summed E-state index contributed by atoms with van der Waals surface area (Å²) < 4.78 is 42.3. The number of H-pyrrole nitrogens is 1. The van der Waals surface area contributed by atoms with Gasteiger partial charge in [0.1, 0.15) is 12.0 Å². The average Bonchev–Trinajstić information content (AvgIpc) is 3.58. The van der Waals surface area contributed by atoms with Gasteiger partial charge in [-0.1, -0.05) is 12.1 Å². The molecule has 0 spiro atoms. The SMILES string of the molecule is Cc1ncc(NC(=O)c2cc(-n3cnc(CO)c3)cc(C(F)(F)F)c2)cc1-c1ccc2c(c1)[nH]c1ncncc12. The molecular formula is C28H20F3N7O2. The van der Waals surface area contributed by atoms with Crippen LogP contribution in [-0.4, -0.2) is 40.5 Å². The highest BCUT2D eigenvalue weighted by molar-refractivity contribution is 6.07. The smallest absolute Gasteiger partial charge is 0.390 e. The number of halogens is 3. The topological polar surface area (TPSA) is 122 Å². The number of aliphatic hydroxyl groups excluding tert-OH is 1. The van der Waals surface area contributed by atoms with Crippen LogP contribution in [-0.2, 0) is 12.8 Å². The highest BCUT2D eigenvalue weighted by Crippen LogP contribution is 2.33. The second-order valence-corrected chi connectivity index (χ2v) is 9.18. The molecule has 0 aliphatic carbocycles. The van der Waals surface area contributed by atoms with E-state index >= 15 is 0 Å². The molecule has 0 aliphatic heterocycles. The Kier molecular flexibility index (Phi) is 6.03. The van der Waals surface area contributed by atoms with Crippen LogP contribution in [0.4, 0.5) is 18.9 Å². The van der Waals surface area contributed by atoms with Gasteiger partial charge in [-0.05, 0) is 42.8 Å². The number of aromatic amines is 1. The van der Waals surface area contributed by atoms with Crippen LogP contribution >= 0.6 is 0 Å². The summed E-state index contributed by atoms with van der Waals surface area (Å²) in [4.78, 5) is 33.1. The maximum absolute atomic E-state index is 13.7. The first-order chi connectivity index (χ1) is 19.2. The Hall–Kier alpha value is -5.10. The number of hydrogen-bond acceptors (Lipinski definition) is 6. The summed E-state index contributed by atoms with van der Waals surface area (Å²) in [5.41, 5.74) is 3.31. The lowest BCUT2D eigenvalue weighted by Crippen LogP contribution is -2.15. The number of alkyl halides is 3. The van der Waals surface area contributed by atoms with E-state index in [0.29, 0.717) is 17.0 Å². The lowest BCUT2D eigenvalue weighted by Gasteiger charge is -2.14. The zero-order valence-corrected chi connectivity index (χ0v) is 20.9. The third kappa shape index (κ3) is 4.64. The molecule has 0 radical (unpaired) electrons. The minimum Gasteiger partial charge on any atom is -0.390 e. The summed E-state index contributed by atoms with van der Waals surface area (Å²) in [6.07, 6.45) is 2.64. The quantitative estimate of drug-likeness (QED) is 0.267. The van der Waals surface area contributed by atoms with Gasteiger partial charge in [-0.3, -0.25) is 9.78 Å². The molecule has 0 aliphatic rings. The molecule has 3 N–H and O–H groups in total. The van der Waals surface area contributed by atoms with Crippen LogP contribution in [0.2, 0.25) is 0 Å². The molecule has 4 heterocycles. The molecule has 0 saturated heterocycles. The van der Waals surface area contributed by atoms with Gasteiger partial charge in [-0.2, -0.15) is 13.2 Å². The van der Waals surface area contributed by atoms with E-state index < -0.39 is 17.6 Å². The van der Waals surface area contributed by atoms with Gasteiger partial charge >= 0.3 is 6.18 Å². The molecule has 4 aromatic heterocycles. The molecule has 6 aromatic rings. The number of anilines is 1. The molecule has 0 saturated carbocycles. The van der Waals surface area contributed by atoms with E-state index in [1.54, 1.807) is 12.3 Å². The largest absolute Gasteiger partial charge is 0.416 e. The number of fused-ring (bicyclic) bond motifs is 3. The van der Waals surface area contributed by atoms with Crippen LogP contribution in [0.15, 0.2) is 73.7 Å². The minimum absolute atomic E-state index is 0.0752. The maximum Gasteiger partial charge on any atom is 0.416 e. The van der Waals surface area contributed by atoms with Crippen molar-refractivity contribution in [3.63, 3.8) is 0 Å². The van der Waals surface area contributed by atoms with Crippen molar-refractivity contribution in [3.8, 4) is 16.8 Å². The van der Waals surface area contributed by atoms with E-state index in [1.807, 2.05) is 25.1 Å². The minimum atomic E-state index is -4.68. The third-order valence-corrected chi connectivity index (χ3v) is 6.53. The number of carbonyl (C=O) groups is 1. The van der Waals surface area contributed by atoms with Gasteiger partial charge in [0.2, 0.25) is 0 Å². The summed E-state index contributed by atoms with van der Waals surface area (Å²) in [6.45, 7) is 1.45. The number of aromatic nitrogens is 6. The van der Waals surface area contributed by atoms with Crippen molar-refractivity contribution in [1.29, 1.82) is 0 Å². The van der Waals surface area contributed by atoms with Gasteiger partial charge in [0.25, 0.3) is 5.91 Å². The van der Waals surface area contributed by atoms with Gasteiger partial charge in [0, 0.05) is 51.2 Å². The number of nitrogens with one attached hydrogen (secondary N) is 2. The Labute approximate surface area is 224 Å². The Morgan fingerprint density at radius 1 is 1.05 bits per heavy atom. The fraction of sp³-hybridized carbons (Fsp3) is 0.107. The van der Waals surface area contributed by atoms with Crippen LogP contribution in [0, 0.1) is 6.92 Å². The number of hydrogen-bond donors (Lipinski definition) is 3. The van der Waals surface area contributed by atoms with Crippen LogP contribution in [0.1, 0.15) is 27.3 Å². The summed E-state index contributed by atoms with van der Waals surface area (Å²) in [5.74, 6) is -0.740. The molecule has 0 atom stereocenters. The number of rotatable bonds is 5. The molecule has 12 heteroatoms. The number of nitrogens with zero attached hydrogens (tertiary/aromatic N) is 5. The van der Waals surface area contributed by atoms with Crippen molar-refractivity contribution >= 4 is 33.5 Å². The Bertz CT molecular complexity index is 1910. The standard InChI is InChI=1S/C28H20F3N7O2/c1-15-23(16-2-3-22-24-10-32-13-34-26(24)37-25(22)6-16)8-19(9-33-15)36-27(40)17-4-18(28(29,30)31)7-21(5-17)38-11-20(12-39)35-14-38/h2-11,13-14,39H,12H2,1H3,(H,36,40)(H,32,34,37). The van der Waals surface area contributed by atoms with Gasteiger partial charge in [0.05, 0.1) is 36.1 Å². The van der Waals surface area contributed by atoms with Crippen molar-refractivity contribution < 1.29 is 23.1 Å². The van der Waals surface area contributed by atoms with Crippen molar-refractivity contribution in [3.05, 3.63) is 96.2 Å². The Morgan fingerprint density at radius 2 is 1.90 bits per heavy atom. The molecule has 40 heavy (non-hydrogen) atoms. The number of aryl methyl sites for hydroxylation is 1. The average molecular weight is 544 g/mol. The lowest BCUT2D eigenvalue weighted by atomic mass is 10.0. The Balaban J connectivity index is 1.34. The number of imidazole rings is 1. The summed E-state index contributed by atoms with van der Waals surface area (Å²) in [7, 11) is 0. The summed E-state index contributed by atoms with van der Waals surface area (Å²) in [5, 5.41) is 13.8. The maximum atomic E-state index is 13.7. The number of carbonyl (C=O) groups excluding carboxylic acids is 1. The first kappa shape index (κ1) is 25.2. The lowest BCUT2D eigenvalue weighted by molar-refractivity contribution is -0.137. The van der Waals surface area contributed by atoms with E-state index in [4.69, 9.17) is 0 Å². The Morgan fingerprint density at radius 3 is 2.67 bits per heavy atom. The molecule has 2 aromatic carbocycles. The second-order valence-electron chi connectivity index (χ2n) is 9.18. The van der Waals surface area contributed by atoms with Crippen LogP contribution in [0.25, 0.3) is 38.8 Å². The second kappa shape index (κ2) is 9.58. The van der Waals surface area contributed by atoms with Crippen LogP contribution in [0.3, 0.4) is 0 Å². The van der Waals surface area contributed by atoms with Gasteiger partial charge < -0.3 is 20.0 Å². The van der Waals surface area contributed by atoms with Crippen molar-refractivity contribution in [1.82, 2.24) is 29.5 Å². The molecule has 1 amide bonds. The van der Waals surface area contributed by atoms with Crippen molar-refractivity contribution in [2.75, 3.05) is 5.32 Å². The number of benzene rings is 2. The first-order valence-corrected chi connectivity index (χ1v) is 12.1. The fourth-order valence-corrected chi connectivity index (χ4v) is 4.54. The fourth-order valence-electron chi connectivity index (χ4n) is 4.54. The normalized spacial score (nSPS) is 11.8. The van der Waals surface area contributed by atoms with Crippen molar-refractivity contribution in [2.24, 2.45) is 0 Å². The number of amides is 1. The third-order valence-electron chi connectivity index (χ3n) is 6.53. The van der Waals surface area contributed by atoms with Crippen LogP contribution < -0.4 is 5.32 Å². The molecule has 9 nitrogen and oxygen atoms in total. The molecule has 200 valence electrons. The van der Waals surface area contributed by atoms with Gasteiger partial charge in [0.15, 0.2) is 0 Å². The first-order valence-electron chi connectivity index (χ1n) is 12.1. The molecule has 0 fully saturated rings. The van der Waals surface area contributed by atoms with E-state index in [1.165, 1.54) is 35.7 Å². The van der Waals surface area contributed by atoms with Gasteiger partial charge in [-0.25, -0.2) is 15.0 Å². The zero-order valence-electron chi connectivity index (χ0n) is 20.9. The predicted molar refractivity (Wildman–Crippen MR) is 142 cm³/mol. The van der Waals surface area contributed by atoms with Gasteiger partial charge in [-0.15, -0.1) is 0 Å². The highest BCUT2D eigenvalue weighted by Gasteiger charge is 2.32. The monoisotopic (exact) mass is 543 g/mol. The molecular weight excluding hydrogens is 523 g/mol. The van der Waals surface area contributed by atoms with E-state index in [2.05, 4.69) is 30.2 Å². The van der Waals surface area contributed by atoms with Crippen LogP contribution in [0.5, 0.6) is 0 Å². The summed E-state index contributed by atoms with van der Waals surface area (Å²) in [6, 6.07) is 10.6.